The fourth-order valence-electron chi connectivity index (χ4n) is 3.47. The molecule has 1 fully saturated rings. The van der Waals surface area contributed by atoms with Crippen molar-refractivity contribution in [3.8, 4) is 11.3 Å². The Morgan fingerprint density at radius 2 is 1.64 bits per heavy atom. The zero-order chi connectivity index (χ0) is 19.7. The summed E-state index contributed by atoms with van der Waals surface area (Å²) in [4.78, 5) is 18.8. The van der Waals surface area contributed by atoms with E-state index in [0.29, 0.717) is 18.7 Å². The monoisotopic (exact) mass is 388 g/mol. The lowest BCUT2D eigenvalue weighted by atomic mass is 10.1. The number of carbonyl (C=O) groups is 1. The Morgan fingerprint density at radius 3 is 2.29 bits per heavy atom. The van der Waals surface area contributed by atoms with Crippen LogP contribution in [0.1, 0.15) is 41.9 Å². The molecule has 0 radical (unpaired) electrons. The van der Waals surface area contributed by atoms with E-state index in [1.54, 1.807) is 35.2 Å². The molecule has 5 nitrogen and oxygen atoms in total. The molecule has 1 saturated heterocycles. The van der Waals surface area contributed by atoms with Crippen LogP contribution in [0, 0.1) is 0 Å². The third kappa shape index (κ3) is 3.58. The minimum absolute atomic E-state index is 0.00634. The number of alkyl halides is 3. The predicted octanol–water partition coefficient (Wildman–Crippen LogP) is 4.43. The number of likely N-dealkylation sites (tertiary alicyclic amines) is 1. The molecular weight excluding hydrogens is 369 g/mol. The van der Waals surface area contributed by atoms with Crippen LogP contribution in [0.4, 0.5) is 13.2 Å². The lowest BCUT2D eigenvalue weighted by molar-refractivity contribution is -0.142. The van der Waals surface area contributed by atoms with E-state index in [0.717, 1.165) is 36.3 Å². The zero-order valence-corrected chi connectivity index (χ0v) is 15.1. The van der Waals surface area contributed by atoms with Gasteiger partial charge in [0.05, 0.1) is 5.69 Å². The van der Waals surface area contributed by atoms with Crippen molar-refractivity contribution in [2.75, 3.05) is 13.1 Å². The highest BCUT2D eigenvalue weighted by Crippen LogP contribution is 2.32. The van der Waals surface area contributed by atoms with Gasteiger partial charge in [-0.1, -0.05) is 43.2 Å². The van der Waals surface area contributed by atoms with E-state index < -0.39 is 11.9 Å². The highest BCUT2D eigenvalue weighted by atomic mass is 19.4. The van der Waals surface area contributed by atoms with E-state index in [2.05, 4.69) is 10.1 Å². The first-order valence-corrected chi connectivity index (χ1v) is 9.26. The summed E-state index contributed by atoms with van der Waals surface area (Å²) in [6.45, 7) is 1.20. The largest absolute Gasteiger partial charge is 0.433 e. The average Bonchev–Trinajstić information content (AvgIpc) is 2.92. The van der Waals surface area contributed by atoms with Crippen molar-refractivity contribution in [2.45, 2.75) is 31.9 Å². The highest BCUT2D eigenvalue weighted by molar-refractivity contribution is 5.93. The molecule has 0 aliphatic carbocycles. The number of fused-ring (bicyclic) bond motifs is 1. The number of carbonyl (C=O) groups excluding carboxylic acids is 1. The van der Waals surface area contributed by atoms with Crippen LogP contribution in [0.25, 0.3) is 16.9 Å². The van der Waals surface area contributed by atoms with Gasteiger partial charge < -0.3 is 4.90 Å². The maximum Gasteiger partial charge on any atom is 0.433 e. The van der Waals surface area contributed by atoms with E-state index in [-0.39, 0.29) is 22.9 Å². The van der Waals surface area contributed by atoms with Gasteiger partial charge in [0.15, 0.2) is 17.0 Å². The van der Waals surface area contributed by atoms with Crippen molar-refractivity contribution in [1.82, 2.24) is 19.5 Å². The van der Waals surface area contributed by atoms with Gasteiger partial charge in [0.25, 0.3) is 5.91 Å². The highest BCUT2D eigenvalue weighted by Gasteiger charge is 2.36. The van der Waals surface area contributed by atoms with Crippen molar-refractivity contribution in [1.29, 1.82) is 0 Å². The molecule has 0 bridgehead atoms. The van der Waals surface area contributed by atoms with E-state index in [1.165, 1.54) is 6.07 Å². The minimum Gasteiger partial charge on any atom is -0.337 e. The number of halogens is 3. The molecule has 1 aliphatic heterocycles. The first kappa shape index (κ1) is 18.5. The maximum atomic E-state index is 13.6. The van der Waals surface area contributed by atoms with Gasteiger partial charge in [-0.05, 0) is 18.9 Å². The minimum atomic E-state index is -4.63. The van der Waals surface area contributed by atoms with Crippen LogP contribution in [-0.2, 0) is 6.18 Å². The lowest BCUT2D eigenvalue weighted by Gasteiger charge is -2.18. The Kier molecular flexibility index (Phi) is 4.78. The van der Waals surface area contributed by atoms with E-state index >= 15 is 0 Å². The molecule has 0 spiro atoms. The number of hydrogen-bond donors (Lipinski definition) is 0. The molecule has 0 N–H and O–H groups in total. The van der Waals surface area contributed by atoms with Gasteiger partial charge >= 0.3 is 6.18 Å². The summed E-state index contributed by atoms with van der Waals surface area (Å²) in [5.74, 6) is -0.346. The topological polar surface area (TPSA) is 50.5 Å². The number of hydrogen-bond acceptors (Lipinski definition) is 3. The van der Waals surface area contributed by atoms with Crippen LogP contribution in [0.5, 0.6) is 0 Å². The summed E-state index contributed by atoms with van der Waals surface area (Å²) in [7, 11) is 0. The van der Waals surface area contributed by atoms with Gasteiger partial charge in [0, 0.05) is 24.7 Å². The van der Waals surface area contributed by atoms with Gasteiger partial charge in [0.2, 0.25) is 0 Å². The summed E-state index contributed by atoms with van der Waals surface area (Å²) < 4.78 is 41.7. The van der Waals surface area contributed by atoms with Gasteiger partial charge in [-0.15, -0.1) is 0 Å². The molecular formula is C20H19F3N4O. The van der Waals surface area contributed by atoms with Crippen LogP contribution in [-0.4, -0.2) is 38.5 Å². The summed E-state index contributed by atoms with van der Waals surface area (Å²) >= 11 is 0. The molecule has 0 unspecified atom stereocenters. The third-order valence-electron chi connectivity index (χ3n) is 4.90. The van der Waals surface area contributed by atoms with Crippen LogP contribution in [0.2, 0.25) is 0 Å². The summed E-state index contributed by atoms with van der Waals surface area (Å²) in [6, 6.07) is 10.9. The molecule has 28 heavy (non-hydrogen) atoms. The first-order chi connectivity index (χ1) is 13.4. The predicted molar refractivity (Wildman–Crippen MR) is 97.8 cm³/mol. The number of rotatable bonds is 2. The van der Waals surface area contributed by atoms with Crippen molar-refractivity contribution in [3.05, 3.63) is 53.9 Å². The SMILES string of the molecule is O=C(c1cc2nc(-c3ccccc3)cc(C(F)(F)F)n2n1)N1CCCCCC1. The summed E-state index contributed by atoms with van der Waals surface area (Å²) in [5.41, 5.74) is -0.200. The third-order valence-corrected chi connectivity index (χ3v) is 4.90. The number of amides is 1. The number of benzene rings is 1. The molecule has 8 heteroatoms. The van der Waals surface area contributed by atoms with Crippen LogP contribution in [0.3, 0.4) is 0 Å². The van der Waals surface area contributed by atoms with Crippen molar-refractivity contribution < 1.29 is 18.0 Å². The Bertz CT molecular complexity index is 990. The van der Waals surface area contributed by atoms with Crippen LogP contribution in [0.15, 0.2) is 42.5 Å². The molecule has 4 rings (SSSR count). The summed E-state index contributed by atoms with van der Waals surface area (Å²) in [5, 5.41) is 3.96. The van der Waals surface area contributed by atoms with Gasteiger partial charge in [-0.2, -0.15) is 18.3 Å². The zero-order valence-electron chi connectivity index (χ0n) is 15.1. The summed E-state index contributed by atoms with van der Waals surface area (Å²) in [6.07, 6.45) is -0.739. The molecule has 1 aliphatic rings. The Hall–Kier alpha value is -2.90. The second kappa shape index (κ2) is 7.26. The maximum absolute atomic E-state index is 13.6. The number of nitrogens with zero attached hydrogens (tertiary/aromatic N) is 4. The molecule has 1 aromatic carbocycles. The Morgan fingerprint density at radius 1 is 0.964 bits per heavy atom. The average molecular weight is 388 g/mol. The molecule has 1 amide bonds. The Balaban J connectivity index is 1.80. The smallest absolute Gasteiger partial charge is 0.337 e. The second-order valence-electron chi connectivity index (χ2n) is 6.90. The van der Waals surface area contributed by atoms with Gasteiger partial charge in [0.1, 0.15) is 0 Å². The molecule has 3 heterocycles. The van der Waals surface area contributed by atoms with Gasteiger partial charge in [-0.25, -0.2) is 9.50 Å². The quantitative estimate of drug-likeness (QED) is 0.653. The molecule has 3 aromatic rings. The van der Waals surface area contributed by atoms with Gasteiger partial charge in [-0.3, -0.25) is 4.79 Å². The standard InChI is InChI=1S/C20H19F3N4O/c21-20(22,23)17-12-15(14-8-4-3-5-9-14)24-18-13-16(25-27(17)18)19(28)26-10-6-1-2-7-11-26/h3-5,8-9,12-13H,1-2,6-7,10-11H2. The van der Waals surface area contributed by atoms with Crippen molar-refractivity contribution in [2.24, 2.45) is 0 Å². The van der Waals surface area contributed by atoms with Crippen molar-refractivity contribution >= 4 is 11.6 Å². The second-order valence-corrected chi connectivity index (χ2v) is 6.90. The fraction of sp³-hybridized carbons (Fsp3) is 0.350. The molecule has 0 saturated carbocycles. The van der Waals surface area contributed by atoms with E-state index in [9.17, 15) is 18.0 Å². The molecule has 2 aromatic heterocycles. The van der Waals surface area contributed by atoms with E-state index in [4.69, 9.17) is 0 Å². The first-order valence-electron chi connectivity index (χ1n) is 9.26. The fourth-order valence-corrected chi connectivity index (χ4v) is 3.47. The molecule has 146 valence electrons. The normalized spacial score (nSPS) is 15.6. The lowest BCUT2D eigenvalue weighted by Crippen LogP contribution is -2.32. The van der Waals surface area contributed by atoms with Crippen molar-refractivity contribution in [3.63, 3.8) is 0 Å². The number of aromatic nitrogens is 3. The van der Waals surface area contributed by atoms with Crippen LogP contribution < -0.4 is 0 Å². The van der Waals surface area contributed by atoms with Crippen LogP contribution >= 0.6 is 0 Å². The Labute approximate surface area is 159 Å². The van der Waals surface area contributed by atoms with E-state index in [1.807, 2.05) is 0 Å². The molecule has 0 atom stereocenters.